The highest BCUT2D eigenvalue weighted by molar-refractivity contribution is 7.99. The van der Waals surface area contributed by atoms with Crippen molar-refractivity contribution < 1.29 is 18.0 Å². The second kappa shape index (κ2) is 11.6. The number of hydrogen-bond acceptors (Lipinski definition) is 4. The summed E-state index contributed by atoms with van der Waals surface area (Å²) < 4.78 is 40.0. The van der Waals surface area contributed by atoms with Crippen LogP contribution in [0.25, 0.3) is 16.6 Å². The van der Waals surface area contributed by atoms with Gasteiger partial charge in [0, 0.05) is 23.7 Å². The molecule has 1 amide bonds. The maximum Gasteiger partial charge on any atom is 0.416 e. The van der Waals surface area contributed by atoms with Gasteiger partial charge in [0.15, 0.2) is 5.16 Å². The standard InChI is InChI=1S/C26H20Cl2F3N3O2S/c27-18-10-11-22(20(28)14-18)34-24(36)19-7-1-2-8-21(19)33-25(34)37-12-4-9-23(35)32-15-16-5-3-6-17(13-16)26(29,30)31/h1-3,5-8,10-11,13-14H,4,9,12,15H2,(H,32,35). The number of carbonyl (C=O) groups excluding carboxylic acids is 1. The highest BCUT2D eigenvalue weighted by atomic mass is 35.5. The van der Waals surface area contributed by atoms with Gasteiger partial charge in [-0.1, -0.05) is 59.2 Å². The smallest absolute Gasteiger partial charge is 0.352 e. The fraction of sp³-hybridized carbons (Fsp3) is 0.192. The number of aromatic nitrogens is 2. The number of alkyl halides is 3. The van der Waals surface area contributed by atoms with Crippen LogP contribution in [0.5, 0.6) is 0 Å². The molecular weight excluding hydrogens is 546 g/mol. The molecule has 0 radical (unpaired) electrons. The first-order chi connectivity index (χ1) is 17.6. The Morgan fingerprint density at radius 2 is 1.81 bits per heavy atom. The summed E-state index contributed by atoms with van der Waals surface area (Å²) in [4.78, 5) is 30.2. The van der Waals surface area contributed by atoms with E-state index in [0.29, 0.717) is 49.5 Å². The van der Waals surface area contributed by atoms with Gasteiger partial charge in [-0.05, 0) is 54.4 Å². The van der Waals surface area contributed by atoms with Crippen molar-refractivity contribution in [2.75, 3.05) is 5.75 Å². The Kier molecular flexibility index (Phi) is 8.46. The average molecular weight is 566 g/mol. The second-order valence-corrected chi connectivity index (χ2v) is 9.98. The van der Waals surface area contributed by atoms with Crippen molar-refractivity contribution in [1.29, 1.82) is 0 Å². The van der Waals surface area contributed by atoms with Gasteiger partial charge in [-0.2, -0.15) is 13.2 Å². The van der Waals surface area contributed by atoms with Gasteiger partial charge in [-0.3, -0.25) is 14.2 Å². The fourth-order valence-electron chi connectivity index (χ4n) is 3.63. The molecule has 3 aromatic carbocycles. The number of amides is 1. The summed E-state index contributed by atoms with van der Waals surface area (Å²) >= 11 is 13.7. The van der Waals surface area contributed by atoms with Crippen molar-refractivity contribution in [3.05, 3.63) is 98.3 Å². The largest absolute Gasteiger partial charge is 0.416 e. The van der Waals surface area contributed by atoms with Gasteiger partial charge < -0.3 is 5.32 Å². The Morgan fingerprint density at radius 3 is 2.57 bits per heavy atom. The number of thioether (sulfide) groups is 1. The number of nitrogens with one attached hydrogen (secondary N) is 1. The van der Waals surface area contributed by atoms with Gasteiger partial charge in [0.05, 0.1) is 27.2 Å². The van der Waals surface area contributed by atoms with Gasteiger partial charge in [0.2, 0.25) is 5.91 Å². The first kappa shape index (κ1) is 27.0. The van der Waals surface area contributed by atoms with Gasteiger partial charge in [0.1, 0.15) is 0 Å². The zero-order valence-corrected chi connectivity index (χ0v) is 21.5. The minimum atomic E-state index is -4.44. The second-order valence-electron chi connectivity index (χ2n) is 8.07. The summed E-state index contributed by atoms with van der Waals surface area (Å²) in [6, 6.07) is 16.6. The molecule has 0 atom stereocenters. The summed E-state index contributed by atoms with van der Waals surface area (Å²) in [5.74, 6) is 0.176. The predicted octanol–water partition coefficient (Wildman–Crippen LogP) is 6.90. The van der Waals surface area contributed by atoms with Crippen LogP contribution in [0.15, 0.2) is 76.7 Å². The van der Waals surface area contributed by atoms with Crippen molar-refractivity contribution in [2.24, 2.45) is 0 Å². The molecule has 0 saturated carbocycles. The van der Waals surface area contributed by atoms with E-state index in [9.17, 15) is 22.8 Å². The van der Waals surface area contributed by atoms with E-state index >= 15 is 0 Å². The van der Waals surface area contributed by atoms with Crippen molar-refractivity contribution >= 4 is 51.8 Å². The van der Waals surface area contributed by atoms with Gasteiger partial charge in [-0.25, -0.2) is 4.98 Å². The summed E-state index contributed by atoms with van der Waals surface area (Å²) in [7, 11) is 0. The molecular formula is C26H20Cl2F3N3O2S. The average Bonchev–Trinajstić information content (AvgIpc) is 2.86. The number of fused-ring (bicyclic) bond motifs is 1. The van der Waals surface area contributed by atoms with E-state index in [4.69, 9.17) is 23.2 Å². The van der Waals surface area contributed by atoms with Crippen molar-refractivity contribution in [3.8, 4) is 5.69 Å². The molecule has 4 aromatic rings. The molecule has 0 bridgehead atoms. The summed E-state index contributed by atoms with van der Waals surface area (Å²) in [6.07, 6.45) is -3.83. The Bertz CT molecular complexity index is 1510. The molecule has 0 spiro atoms. The molecule has 0 aliphatic heterocycles. The van der Waals surface area contributed by atoms with Gasteiger partial charge >= 0.3 is 6.18 Å². The Morgan fingerprint density at radius 1 is 1.03 bits per heavy atom. The normalized spacial score (nSPS) is 11.6. The summed E-state index contributed by atoms with van der Waals surface area (Å²) in [6.45, 7) is -0.00324. The molecule has 37 heavy (non-hydrogen) atoms. The first-order valence-corrected chi connectivity index (χ1v) is 12.9. The summed E-state index contributed by atoms with van der Waals surface area (Å²) in [5, 5.41) is 4.22. The molecule has 192 valence electrons. The van der Waals surface area contributed by atoms with E-state index in [2.05, 4.69) is 10.3 Å². The monoisotopic (exact) mass is 565 g/mol. The van der Waals surface area contributed by atoms with E-state index in [0.717, 1.165) is 12.1 Å². The number of hydrogen-bond donors (Lipinski definition) is 1. The van der Waals surface area contributed by atoms with E-state index in [1.54, 1.807) is 42.5 Å². The van der Waals surface area contributed by atoms with Crippen LogP contribution in [-0.4, -0.2) is 21.2 Å². The maximum atomic E-state index is 13.3. The van der Waals surface area contributed by atoms with Crippen molar-refractivity contribution in [1.82, 2.24) is 14.9 Å². The van der Waals surface area contributed by atoms with Crippen LogP contribution in [-0.2, 0) is 17.5 Å². The topological polar surface area (TPSA) is 64.0 Å². The lowest BCUT2D eigenvalue weighted by atomic mass is 10.1. The predicted molar refractivity (Wildman–Crippen MR) is 141 cm³/mol. The van der Waals surface area contributed by atoms with Crippen LogP contribution in [0.2, 0.25) is 10.0 Å². The van der Waals surface area contributed by atoms with E-state index < -0.39 is 11.7 Å². The fourth-order valence-corrected chi connectivity index (χ4v) is 5.06. The number of benzene rings is 3. The Labute approximate surface area is 224 Å². The molecule has 1 N–H and O–H groups in total. The Hall–Kier alpha value is -3.01. The zero-order chi connectivity index (χ0) is 26.6. The molecule has 0 aliphatic carbocycles. The number of para-hydroxylation sites is 1. The highest BCUT2D eigenvalue weighted by Crippen LogP contribution is 2.30. The number of carbonyl (C=O) groups is 1. The van der Waals surface area contributed by atoms with Crippen LogP contribution in [0, 0.1) is 0 Å². The lowest BCUT2D eigenvalue weighted by Crippen LogP contribution is -2.23. The molecule has 0 saturated heterocycles. The quantitative estimate of drug-likeness (QED) is 0.143. The third-order valence-corrected chi connectivity index (χ3v) is 6.98. The van der Waals surface area contributed by atoms with Gasteiger partial charge in [0.25, 0.3) is 5.56 Å². The van der Waals surface area contributed by atoms with Gasteiger partial charge in [-0.15, -0.1) is 0 Å². The number of nitrogens with zero attached hydrogens (tertiary/aromatic N) is 2. The minimum absolute atomic E-state index is 0.00324. The van der Waals surface area contributed by atoms with Crippen LogP contribution >= 0.6 is 35.0 Å². The van der Waals surface area contributed by atoms with Crippen LogP contribution < -0.4 is 10.9 Å². The summed E-state index contributed by atoms with van der Waals surface area (Å²) in [5.41, 5.74) is 0.300. The number of rotatable bonds is 8. The van der Waals surface area contributed by atoms with Crippen molar-refractivity contribution in [3.63, 3.8) is 0 Å². The third kappa shape index (κ3) is 6.66. The van der Waals surface area contributed by atoms with E-state index in [1.165, 1.54) is 28.5 Å². The zero-order valence-electron chi connectivity index (χ0n) is 19.2. The molecule has 4 rings (SSSR count). The van der Waals surface area contributed by atoms with E-state index in [1.807, 2.05) is 0 Å². The van der Waals surface area contributed by atoms with Crippen molar-refractivity contribution in [2.45, 2.75) is 30.7 Å². The molecule has 11 heteroatoms. The molecule has 0 fully saturated rings. The minimum Gasteiger partial charge on any atom is -0.352 e. The Balaban J connectivity index is 1.43. The van der Waals surface area contributed by atoms with Crippen LogP contribution in [0.4, 0.5) is 13.2 Å². The molecule has 0 unspecified atom stereocenters. The molecule has 0 aliphatic rings. The van der Waals surface area contributed by atoms with E-state index in [-0.39, 0.29) is 24.4 Å². The maximum absolute atomic E-state index is 13.3. The van der Waals surface area contributed by atoms with Crippen LogP contribution in [0.3, 0.4) is 0 Å². The van der Waals surface area contributed by atoms with Crippen LogP contribution in [0.1, 0.15) is 24.0 Å². The first-order valence-electron chi connectivity index (χ1n) is 11.2. The lowest BCUT2D eigenvalue weighted by Gasteiger charge is -2.14. The molecule has 5 nitrogen and oxygen atoms in total. The SMILES string of the molecule is O=C(CCCSc1nc2ccccc2c(=O)n1-c1ccc(Cl)cc1Cl)NCc1cccc(C(F)(F)F)c1. The molecule has 1 aromatic heterocycles. The molecule has 1 heterocycles. The highest BCUT2D eigenvalue weighted by Gasteiger charge is 2.30. The third-order valence-electron chi connectivity index (χ3n) is 5.42. The lowest BCUT2D eigenvalue weighted by molar-refractivity contribution is -0.137. The number of halogens is 5.